The smallest absolute Gasteiger partial charge is 0.253 e. The van der Waals surface area contributed by atoms with Crippen LogP contribution in [0.2, 0.25) is 0 Å². The Labute approximate surface area is 185 Å². The van der Waals surface area contributed by atoms with Crippen molar-refractivity contribution in [2.75, 3.05) is 18.0 Å². The Morgan fingerprint density at radius 3 is 2.84 bits per heavy atom. The zero-order valence-electron chi connectivity index (χ0n) is 17.8. The molecule has 32 heavy (non-hydrogen) atoms. The fourth-order valence-corrected chi connectivity index (χ4v) is 4.34. The van der Waals surface area contributed by atoms with Crippen molar-refractivity contribution in [3.63, 3.8) is 0 Å². The third kappa shape index (κ3) is 3.39. The van der Waals surface area contributed by atoms with Crippen LogP contribution in [0.25, 0.3) is 17.2 Å². The van der Waals surface area contributed by atoms with E-state index in [4.69, 9.17) is 4.98 Å². The summed E-state index contributed by atoms with van der Waals surface area (Å²) in [5.41, 5.74) is 3.37. The lowest BCUT2D eigenvalue weighted by molar-refractivity contribution is 0.0940. The first kappa shape index (κ1) is 19.0. The molecule has 4 aromatic heterocycles. The minimum Gasteiger partial charge on any atom is -0.348 e. The van der Waals surface area contributed by atoms with Crippen LogP contribution < -0.4 is 10.2 Å². The van der Waals surface area contributed by atoms with E-state index < -0.39 is 0 Å². The molecule has 1 atom stereocenters. The molecule has 2 fully saturated rings. The lowest BCUT2D eigenvalue weighted by Gasteiger charge is -2.17. The highest BCUT2D eigenvalue weighted by atomic mass is 16.1. The van der Waals surface area contributed by atoms with Gasteiger partial charge in [0.1, 0.15) is 0 Å². The molecule has 6 rings (SSSR count). The van der Waals surface area contributed by atoms with E-state index in [9.17, 15) is 4.79 Å². The van der Waals surface area contributed by atoms with Crippen LogP contribution >= 0.6 is 0 Å². The van der Waals surface area contributed by atoms with Crippen LogP contribution in [0.1, 0.15) is 41.2 Å². The number of amides is 1. The van der Waals surface area contributed by atoms with Gasteiger partial charge in [0.05, 0.1) is 11.3 Å². The summed E-state index contributed by atoms with van der Waals surface area (Å²) in [6, 6.07) is 9.63. The Bertz CT molecular complexity index is 1300. The van der Waals surface area contributed by atoms with Gasteiger partial charge in [-0.05, 0) is 49.6 Å². The molecule has 1 saturated carbocycles. The predicted molar refractivity (Wildman–Crippen MR) is 119 cm³/mol. The Hall–Kier alpha value is -3.75. The van der Waals surface area contributed by atoms with Gasteiger partial charge < -0.3 is 14.8 Å². The molecule has 0 bridgehead atoms. The SMILES string of the molecule is Cn1cccc1-c1nnc2ccc(C(=O)NC3CCN(c4nccc(C5CC5)n4)C3)cn12. The second-order valence-electron chi connectivity index (χ2n) is 8.63. The molecule has 1 N–H and O–H groups in total. The van der Waals surface area contributed by atoms with Gasteiger partial charge >= 0.3 is 0 Å². The fraction of sp³-hybridized carbons (Fsp3) is 0.348. The summed E-state index contributed by atoms with van der Waals surface area (Å²) in [5.74, 6) is 1.98. The number of hydrogen-bond donors (Lipinski definition) is 1. The summed E-state index contributed by atoms with van der Waals surface area (Å²) >= 11 is 0. The van der Waals surface area contributed by atoms with E-state index in [1.807, 2.05) is 58.9 Å². The van der Waals surface area contributed by atoms with Crippen molar-refractivity contribution < 1.29 is 4.79 Å². The Balaban J connectivity index is 1.18. The van der Waals surface area contributed by atoms with Gasteiger partial charge in [0.25, 0.3) is 5.91 Å². The summed E-state index contributed by atoms with van der Waals surface area (Å²) in [5, 5.41) is 11.7. The van der Waals surface area contributed by atoms with E-state index in [0.717, 1.165) is 30.3 Å². The molecule has 9 heteroatoms. The van der Waals surface area contributed by atoms with Crippen molar-refractivity contribution >= 4 is 17.5 Å². The van der Waals surface area contributed by atoms with Crippen molar-refractivity contribution in [1.82, 2.24) is 34.4 Å². The molecule has 1 unspecified atom stereocenters. The van der Waals surface area contributed by atoms with E-state index in [0.29, 0.717) is 29.5 Å². The molecular formula is C23H24N8O. The Morgan fingerprint density at radius 2 is 2.03 bits per heavy atom. The number of aromatic nitrogens is 6. The third-order valence-corrected chi connectivity index (χ3v) is 6.30. The van der Waals surface area contributed by atoms with Crippen molar-refractivity contribution in [2.45, 2.75) is 31.2 Å². The van der Waals surface area contributed by atoms with Crippen LogP contribution in [0.3, 0.4) is 0 Å². The van der Waals surface area contributed by atoms with Crippen molar-refractivity contribution in [3.05, 3.63) is 60.2 Å². The molecule has 1 saturated heterocycles. The largest absolute Gasteiger partial charge is 0.348 e. The number of hydrogen-bond acceptors (Lipinski definition) is 6. The molecule has 9 nitrogen and oxygen atoms in total. The molecule has 5 heterocycles. The van der Waals surface area contributed by atoms with Crippen molar-refractivity contribution in [2.24, 2.45) is 7.05 Å². The van der Waals surface area contributed by atoms with Crippen LogP contribution in [0.5, 0.6) is 0 Å². The van der Waals surface area contributed by atoms with Gasteiger partial charge in [-0.15, -0.1) is 10.2 Å². The standard InChI is InChI=1S/C23H24N8O/c1-29-11-2-3-19(29)21-28-27-20-7-6-16(13-31(20)21)22(32)25-17-9-12-30(14-17)23-24-10-8-18(26-23)15-4-5-15/h2-3,6-8,10-11,13,15,17H,4-5,9,12,14H2,1H3,(H,25,32). The molecule has 1 amide bonds. The first-order valence-electron chi connectivity index (χ1n) is 11.0. The number of rotatable bonds is 5. The maximum absolute atomic E-state index is 13.0. The Kier molecular flexibility index (Phi) is 4.41. The first-order chi connectivity index (χ1) is 15.7. The summed E-state index contributed by atoms with van der Waals surface area (Å²) in [4.78, 5) is 24.4. The zero-order valence-corrected chi connectivity index (χ0v) is 17.8. The monoisotopic (exact) mass is 428 g/mol. The van der Waals surface area contributed by atoms with Gasteiger partial charge in [0.15, 0.2) is 11.5 Å². The van der Waals surface area contributed by atoms with E-state index in [-0.39, 0.29) is 11.9 Å². The molecule has 0 radical (unpaired) electrons. The summed E-state index contributed by atoms with van der Waals surface area (Å²) < 4.78 is 3.85. The zero-order chi connectivity index (χ0) is 21.7. The highest BCUT2D eigenvalue weighted by molar-refractivity contribution is 5.94. The van der Waals surface area contributed by atoms with Crippen molar-refractivity contribution in [3.8, 4) is 11.5 Å². The lowest BCUT2D eigenvalue weighted by atomic mass is 10.2. The second kappa shape index (κ2) is 7.44. The van der Waals surface area contributed by atoms with E-state index >= 15 is 0 Å². The van der Waals surface area contributed by atoms with Gasteiger partial charge in [-0.2, -0.15) is 0 Å². The van der Waals surface area contributed by atoms with Gasteiger partial charge in [0, 0.05) is 56.4 Å². The van der Waals surface area contributed by atoms with Crippen LogP contribution in [0.15, 0.2) is 48.9 Å². The van der Waals surface area contributed by atoms with Crippen LogP contribution in [-0.2, 0) is 7.05 Å². The number of aryl methyl sites for hydroxylation is 1. The number of nitrogens with zero attached hydrogens (tertiary/aromatic N) is 7. The van der Waals surface area contributed by atoms with E-state index in [1.54, 1.807) is 6.07 Å². The molecule has 4 aromatic rings. The van der Waals surface area contributed by atoms with Crippen LogP contribution in [0.4, 0.5) is 5.95 Å². The average Bonchev–Trinajstić information content (AvgIpc) is 3.19. The highest BCUT2D eigenvalue weighted by Crippen LogP contribution is 2.39. The summed E-state index contributed by atoms with van der Waals surface area (Å²) in [7, 11) is 1.96. The van der Waals surface area contributed by atoms with E-state index in [1.165, 1.54) is 12.8 Å². The van der Waals surface area contributed by atoms with Crippen LogP contribution in [-0.4, -0.2) is 54.2 Å². The summed E-state index contributed by atoms with van der Waals surface area (Å²) in [6.07, 6.45) is 8.92. The lowest BCUT2D eigenvalue weighted by Crippen LogP contribution is -2.37. The fourth-order valence-electron chi connectivity index (χ4n) is 4.34. The maximum Gasteiger partial charge on any atom is 0.253 e. The first-order valence-corrected chi connectivity index (χ1v) is 11.0. The average molecular weight is 429 g/mol. The van der Waals surface area contributed by atoms with Gasteiger partial charge in [-0.3, -0.25) is 9.20 Å². The molecule has 1 aliphatic carbocycles. The van der Waals surface area contributed by atoms with Gasteiger partial charge in [-0.1, -0.05) is 0 Å². The third-order valence-electron chi connectivity index (χ3n) is 6.30. The van der Waals surface area contributed by atoms with Crippen molar-refractivity contribution in [1.29, 1.82) is 0 Å². The molecule has 0 spiro atoms. The molecular weight excluding hydrogens is 404 g/mol. The predicted octanol–water partition coefficient (Wildman–Crippen LogP) is 2.41. The minimum atomic E-state index is -0.0991. The van der Waals surface area contributed by atoms with Gasteiger partial charge in [-0.25, -0.2) is 9.97 Å². The number of fused-ring (bicyclic) bond motifs is 1. The molecule has 162 valence electrons. The van der Waals surface area contributed by atoms with Crippen LogP contribution in [0, 0.1) is 0 Å². The number of nitrogens with one attached hydrogen (secondary N) is 1. The van der Waals surface area contributed by atoms with E-state index in [2.05, 4.69) is 25.4 Å². The summed E-state index contributed by atoms with van der Waals surface area (Å²) in [6.45, 7) is 1.55. The minimum absolute atomic E-state index is 0.0552. The number of anilines is 1. The number of carbonyl (C=O) groups is 1. The normalized spacial score (nSPS) is 18.4. The second-order valence-corrected chi connectivity index (χ2v) is 8.63. The Morgan fingerprint density at radius 1 is 1.12 bits per heavy atom. The maximum atomic E-state index is 13.0. The molecule has 2 aliphatic rings. The highest BCUT2D eigenvalue weighted by Gasteiger charge is 2.29. The van der Waals surface area contributed by atoms with Gasteiger partial charge in [0.2, 0.25) is 5.95 Å². The molecule has 0 aromatic carbocycles. The number of carbonyl (C=O) groups excluding carboxylic acids is 1. The topological polar surface area (TPSA) is 93.2 Å². The quantitative estimate of drug-likeness (QED) is 0.525. The number of pyridine rings is 1. The molecule has 1 aliphatic heterocycles.